The van der Waals surface area contributed by atoms with Crippen LogP contribution in [0.1, 0.15) is 23.2 Å². The molecule has 0 aliphatic carbocycles. The second-order valence-corrected chi connectivity index (χ2v) is 2.74. The molecule has 0 radical (unpaired) electrons. The van der Waals surface area contributed by atoms with E-state index in [2.05, 4.69) is 4.98 Å². The largest absolute Gasteiger partial charge is 0.481 e. The average molecular weight is 212 g/mol. The van der Waals surface area contributed by atoms with Crippen molar-refractivity contribution in [2.24, 2.45) is 0 Å². The molecule has 0 fully saturated rings. The minimum Gasteiger partial charge on any atom is -0.481 e. The van der Waals surface area contributed by atoms with Gasteiger partial charge in [-0.25, -0.2) is 8.78 Å². The zero-order valence-corrected chi connectivity index (χ0v) is 7.44. The molecule has 1 N–H and O–H groups in total. The molecule has 1 aromatic rings. The number of carboxylic acids is 1. The van der Waals surface area contributed by atoms with E-state index in [9.17, 15) is 13.6 Å². The van der Waals surface area contributed by atoms with Gasteiger partial charge in [0.25, 0.3) is 6.43 Å². The summed E-state index contributed by atoms with van der Waals surface area (Å²) in [5, 5.41) is 16.9. The highest BCUT2D eigenvalue weighted by Crippen LogP contribution is 2.22. The number of aromatic nitrogens is 1. The van der Waals surface area contributed by atoms with Gasteiger partial charge in [0, 0.05) is 11.8 Å². The van der Waals surface area contributed by atoms with E-state index in [0.717, 1.165) is 12.3 Å². The molecule has 78 valence electrons. The second-order valence-electron chi connectivity index (χ2n) is 2.74. The summed E-state index contributed by atoms with van der Waals surface area (Å²) in [6.45, 7) is 0. The lowest BCUT2D eigenvalue weighted by molar-refractivity contribution is -0.136. The average Bonchev–Trinajstić information content (AvgIpc) is 2.17. The van der Waals surface area contributed by atoms with Crippen LogP contribution >= 0.6 is 0 Å². The first-order chi connectivity index (χ1) is 7.04. The predicted octanol–water partition coefficient (Wildman–Crippen LogP) is 1.52. The molecule has 0 aliphatic heterocycles. The van der Waals surface area contributed by atoms with Gasteiger partial charge in [-0.05, 0) is 6.07 Å². The van der Waals surface area contributed by atoms with Crippen LogP contribution in [0.5, 0.6) is 0 Å². The summed E-state index contributed by atoms with van der Waals surface area (Å²) in [6, 6.07) is 2.61. The van der Waals surface area contributed by atoms with Crippen molar-refractivity contribution < 1.29 is 18.7 Å². The van der Waals surface area contributed by atoms with E-state index in [1.165, 1.54) is 0 Å². The molecule has 0 saturated carbocycles. The zero-order valence-electron chi connectivity index (χ0n) is 7.44. The summed E-state index contributed by atoms with van der Waals surface area (Å²) in [4.78, 5) is 13.9. The minimum atomic E-state index is -2.83. The summed E-state index contributed by atoms with van der Waals surface area (Å²) >= 11 is 0. The van der Waals surface area contributed by atoms with Crippen LogP contribution in [0.4, 0.5) is 8.78 Å². The molecule has 0 saturated heterocycles. The molecule has 1 aromatic heterocycles. The van der Waals surface area contributed by atoms with Gasteiger partial charge in [-0.1, -0.05) is 0 Å². The van der Waals surface area contributed by atoms with E-state index in [0.29, 0.717) is 0 Å². The lowest BCUT2D eigenvalue weighted by atomic mass is 10.1. The maximum absolute atomic E-state index is 12.5. The second kappa shape index (κ2) is 4.46. The molecule has 0 aromatic carbocycles. The van der Waals surface area contributed by atoms with Gasteiger partial charge in [0.2, 0.25) is 0 Å². The number of aliphatic carboxylic acids is 1. The molecule has 4 nitrogen and oxygen atoms in total. The summed E-state index contributed by atoms with van der Waals surface area (Å²) in [5.41, 5.74) is -0.729. The monoisotopic (exact) mass is 212 g/mol. The third-order valence-electron chi connectivity index (χ3n) is 1.69. The smallest absolute Gasteiger partial charge is 0.309 e. The maximum atomic E-state index is 12.5. The first-order valence-corrected chi connectivity index (χ1v) is 3.93. The van der Waals surface area contributed by atoms with Crippen molar-refractivity contribution in [1.82, 2.24) is 4.98 Å². The summed E-state index contributed by atoms with van der Waals surface area (Å²) in [7, 11) is 0. The number of pyridine rings is 1. The predicted molar refractivity (Wildman–Crippen MR) is 45.2 cm³/mol. The fourth-order valence-electron chi connectivity index (χ4n) is 1.05. The van der Waals surface area contributed by atoms with Crippen molar-refractivity contribution in [3.05, 3.63) is 29.1 Å². The fourth-order valence-corrected chi connectivity index (χ4v) is 1.05. The molecule has 0 atom stereocenters. The van der Waals surface area contributed by atoms with E-state index >= 15 is 0 Å². The number of rotatable bonds is 3. The van der Waals surface area contributed by atoms with Crippen LogP contribution in [0.15, 0.2) is 12.3 Å². The number of carboxylic acid groups (broad SMARTS) is 1. The summed E-state index contributed by atoms with van der Waals surface area (Å²) in [6.07, 6.45) is -2.34. The highest BCUT2D eigenvalue weighted by molar-refractivity contribution is 5.70. The van der Waals surface area contributed by atoms with Crippen LogP contribution in [-0.4, -0.2) is 16.1 Å². The Hall–Kier alpha value is -2.03. The van der Waals surface area contributed by atoms with Crippen LogP contribution in [0.2, 0.25) is 0 Å². The van der Waals surface area contributed by atoms with Crippen LogP contribution in [0.3, 0.4) is 0 Å². The first kappa shape index (κ1) is 11.0. The molecule has 1 heterocycles. The van der Waals surface area contributed by atoms with Gasteiger partial charge in [-0.15, -0.1) is 0 Å². The van der Waals surface area contributed by atoms with E-state index in [1.807, 2.05) is 0 Å². The Morgan fingerprint density at radius 1 is 1.67 bits per heavy atom. The summed E-state index contributed by atoms with van der Waals surface area (Å²) in [5.74, 6) is -1.24. The van der Waals surface area contributed by atoms with Crippen molar-refractivity contribution in [2.75, 3.05) is 0 Å². The third kappa shape index (κ3) is 2.71. The molecule has 15 heavy (non-hydrogen) atoms. The molecule has 0 unspecified atom stereocenters. The highest BCUT2D eigenvalue weighted by Gasteiger charge is 2.17. The standard InChI is InChI=1S/C9H6F2N2O2/c10-9(11)6-1-5(3-12)4-13-7(6)2-8(14)15/h1,4,9H,2H2,(H,14,15). The molecular weight excluding hydrogens is 206 g/mol. The molecule has 1 rings (SSSR count). The number of alkyl halides is 2. The van der Waals surface area contributed by atoms with E-state index < -0.39 is 24.4 Å². The summed E-state index contributed by atoms with van der Waals surface area (Å²) < 4.78 is 24.9. The highest BCUT2D eigenvalue weighted by atomic mass is 19.3. The Labute approximate surface area is 83.8 Å². The van der Waals surface area contributed by atoms with Crippen LogP contribution in [-0.2, 0) is 11.2 Å². The molecule has 0 bridgehead atoms. The lowest BCUT2D eigenvalue weighted by Gasteiger charge is -2.05. The fraction of sp³-hybridized carbons (Fsp3) is 0.222. The van der Waals surface area contributed by atoms with E-state index in [4.69, 9.17) is 10.4 Å². The molecule has 6 heteroatoms. The van der Waals surface area contributed by atoms with Gasteiger partial charge in [-0.2, -0.15) is 5.26 Å². The van der Waals surface area contributed by atoms with Crippen molar-refractivity contribution in [1.29, 1.82) is 5.26 Å². The van der Waals surface area contributed by atoms with Crippen molar-refractivity contribution >= 4 is 5.97 Å². The van der Waals surface area contributed by atoms with Gasteiger partial charge >= 0.3 is 5.97 Å². The number of nitriles is 1. The Morgan fingerprint density at radius 3 is 2.80 bits per heavy atom. The van der Waals surface area contributed by atoms with Gasteiger partial charge < -0.3 is 5.11 Å². The van der Waals surface area contributed by atoms with Gasteiger partial charge in [0.1, 0.15) is 6.07 Å². The molecular formula is C9H6F2N2O2. The quantitative estimate of drug-likeness (QED) is 0.824. The number of halogens is 2. The number of carbonyl (C=O) groups is 1. The molecule has 0 spiro atoms. The Kier molecular flexibility index (Phi) is 3.29. The lowest BCUT2D eigenvalue weighted by Crippen LogP contribution is -2.06. The minimum absolute atomic E-state index is 0.0144. The Morgan fingerprint density at radius 2 is 2.33 bits per heavy atom. The SMILES string of the molecule is N#Cc1cnc(CC(=O)O)c(C(F)F)c1. The zero-order chi connectivity index (χ0) is 11.4. The van der Waals surface area contributed by atoms with Crippen molar-refractivity contribution in [2.45, 2.75) is 12.8 Å². The first-order valence-electron chi connectivity index (χ1n) is 3.93. The number of nitrogens with zero attached hydrogens (tertiary/aromatic N) is 2. The van der Waals surface area contributed by atoms with Crippen molar-refractivity contribution in [3.8, 4) is 6.07 Å². The third-order valence-corrected chi connectivity index (χ3v) is 1.69. The molecule has 0 aliphatic rings. The van der Waals surface area contributed by atoms with Crippen LogP contribution < -0.4 is 0 Å². The van der Waals surface area contributed by atoms with Gasteiger partial charge in [0.05, 0.1) is 17.7 Å². The maximum Gasteiger partial charge on any atom is 0.309 e. The topological polar surface area (TPSA) is 74.0 Å². The number of hydrogen-bond donors (Lipinski definition) is 1. The van der Waals surface area contributed by atoms with E-state index in [-0.39, 0.29) is 11.3 Å². The number of hydrogen-bond acceptors (Lipinski definition) is 3. The van der Waals surface area contributed by atoms with Gasteiger partial charge in [0.15, 0.2) is 0 Å². The van der Waals surface area contributed by atoms with E-state index in [1.54, 1.807) is 6.07 Å². The normalized spacial score (nSPS) is 10.0. The van der Waals surface area contributed by atoms with Gasteiger partial charge in [-0.3, -0.25) is 9.78 Å². The van der Waals surface area contributed by atoms with Crippen LogP contribution in [0.25, 0.3) is 0 Å². The Balaban J connectivity index is 3.16. The van der Waals surface area contributed by atoms with Crippen LogP contribution in [0, 0.1) is 11.3 Å². The molecule has 0 amide bonds. The van der Waals surface area contributed by atoms with Crippen molar-refractivity contribution in [3.63, 3.8) is 0 Å². The Bertz CT molecular complexity index is 427.